The number of hydrogen-bond acceptors (Lipinski definition) is 6. The third-order valence-electron chi connectivity index (χ3n) is 4.04. The average molecular weight is 367 g/mol. The third-order valence-corrected chi connectivity index (χ3v) is 4.04. The number of carbonyl (C=O) groups is 1. The van der Waals surface area contributed by atoms with E-state index in [4.69, 9.17) is 14.2 Å². The number of aromatic nitrogens is 2. The Morgan fingerprint density at radius 1 is 1.04 bits per heavy atom. The van der Waals surface area contributed by atoms with E-state index >= 15 is 0 Å². The highest BCUT2D eigenvalue weighted by Gasteiger charge is 2.17. The number of esters is 1. The Hall–Kier alpha value is -3.48. The highest BCUT2D eigenvalue weighted by molar-refractivity contribution is 5.97. The van der Waals surface area contributed by atoms with Gasteiger partial charge in [0.1, 0.15) is 23.0 Å². The molecule has 0 aliphatic heterocycles. The molecule has 3 rings (SSSR count). The molecule has 0 radical (unpaired) electrons. The summed E-state index contributed by atoms with van der Waals surface area (Å²) >= 11 is 0. The average Bonchev–Trinajstić information content (AvgIpc) is 3.07. The van der Waals surface area contributed by atoms with E-state index in [9.17, 15) is 4.79 Å². The molecule has 0 saturated heterocycles. The summed E-state index contributed by atoms with van der Waals surface area (Å²) in [6.45, 7) is 1.90. The maximum absolute atomic E-state index is 12.2. The van der Waals surface area contributed by atoms with Crippen LogP contribution in [0.4, 0.5) is 11.5 Å². The van der Waals surface area contributed by atoms with Crippen molar-refractivity contribution in [3.63, 3.8) is 0 Å². The van der Waals surface area contributed by atoms with E-state index in [1.807, 2.05) is 37.3 Å². The van der Waals surface area contributed by atoms with Gasteiger partial charge in [0.05, 0.1) is 38.3 Å². The lowest BCUT2D eigenvalue weighted by atomic mass is 10.1. The molecule has 0 aliphatic rings. The maximum Gasteiger partial charge on any atom is 0.340 e. The minimum atomic E-state index is -0.462. The minimum Gasteiger partial charge on any atom is -0.497 e. The van der Waals surface area contributed by atoms with E-state index < -0.39 is 5.97 Å². The molecular weight excluding hydrogens is 346 g/mol. The molecule has 0 saturated carbocycles. The molecule has 3 aromatic rings. The van der Waals surface area contributed by atoms with Gasteiger partial charge in [-0.15, -0.1) is 0 Å². The van der Waals surface area contributed by atoms with Gasteiger partial charge in [0.25, 0.3) is 0 Å². The number of carbonyl (C=O) groups excluding carboxylic acids is 1. The fourth-order valence-corrected chi connectivity index (χ4v) is 2.75. The second kappa shape index (κ2) is 7.82. The van der Waals surface area contributed by atoms with Gasteiger partial charge in [0.15, 0.2) is 0 Å². The van der Waals surface area contributed by atoms with Crippen molar-refractivity contribution < 1.29 is 19.0 Å². The number of aryl methyl sites for hydroxylation is 1. The Kier molecular flexibility index (Phi) is 5.30. The normalized spacial score (nSPS) is 10.4. The standard InChI is InChI=1S/C20H21N3O4/c1-13-11-19(23(22-13)17-7-5-6-8-18(17)26-3)21-16-10-9-14(25-2)12-15(16)20(24)27-4/h5-12,21H,1-4H3. The highest BCUT2D eigenvalue weighted by Crippen LogP contribution is 2.30. The molecule has 0 aliphatic carbocycles. The quantitative estimate of drug-likeness (QED) is 0.669. The van der Waals surface area contributed by atoms with Crippen LogP contribution in [-0.4, -0.2) is 37.1 Å². The van der Waals surface area contributed by atoms with Crippen LogP contribution < -0.4 is 14.8 Å². The number of nitrogens with one attached hydrogen (secondary N) is 1. The summed E-state index contributed by atoms with van der Waals surface area (Å²) < 4.78 is 17.3. The molecule has 0 unspecified atom stereocenters. The van der Waals surface area contributed by atoms with E-state index in [0.29, 0.717) is 28.6 Å². The maximum atomic E-state index is 12.2. The number of nitrogens with zero attached hydrogens (tertiary/aromatic N) is 2. The monoisotopic (exact) mass is 367 g/mol. The van der Waals surface area contributed by atoms with Crippen molar-refractivity contribution in [2.75, 3.05) is 26.6 Å². The van der Waals surface area contributed by atoms with Crippen LogP contribution in [0, 0.1) is 6.92 Å². The van der Waals surface area contributed by atoms with Gasteiger partial charge in [-0.25, -0.2) is 9.48 Å². The topological polar surface area (TPSA) is 74.6 Å². The summed E-state index contributed by atoms with van der Waals surface area (Å²) in [5.41, 5.74) is 2.54. The third kappa shape index (κ3) is 3.72. The molecule has 27 heavy (non-hydrogen) atoms. The molecule has 0 bridgehead atoms. The van der Waals surface area contributed by atoms with Crippen LogP contribution in [0.3, 0.4) is 0 Å². The first-order valence-corrected chi connectivity index (χ1v) is 8.30. The molecule has 0 spiro atoms. The number of ether oxygens (including phenoxy) is 3. The van der Waals surface area contributed by atoms with Crippen molar-refractivity contribution in [2.24, 2.45) is 0 Å². The van der Waals surface area contributed by atoms with Gasteiger partial charge < -0.3 is 19.5 Å². The molecule has 0 atom stereocenters. The summed E-state index contributed by atoms with van der Waals surface area (Å²) in [6, 6.07) is 14.6. The first kappa shape index (κ1) is 18.3. The van der Waals surface area contributed by atoms with Crippen molar-refractivity contribution in [1.82, 2.24) is 9.78 Å². The summed E-state index contributed by atoms with van der Waals surface area (Å²) in [4.78, 5) is 12.2. The predicted octanol–water partition coefficient (Wildman–Crippen LogP) is 3.73. The first-order chi connectivity index (χ1) is 13.1. The highest BCUT2D eigenvalue weighted by atomic mass is 16.5. The molecule has 1 aromatic heterocycles. The molecule has 7 heteroatoms. The second-order valence-electron chi connectivity index (χ2n) is 5.78. The number of para-hydroxylation sites is 2. The summed E-state index contributed by atoms with van der Waals surface area (Å²) in [7, 11) is 4.50. The van der Waals surface area contributed by atoms with Crippen LogP contribution in [0.25, 0.3) is 5.69 Å². The Balaban J connectivity index is 2.06. The van der Waals surface area contributed by atoms with E-state index in [1.54, 1.807) is 37.1 Å². The van der Waals surface area contributed by atoms with Gasteiger partial charge in [-0.05, 0) is 37.3 Å². The number of methoxy groups -OCH3 is 3. The van der Waals surface area contributed by atoms with E-state index in [1.165, 1.54) is 7.11 Å². The zero-order valence-electron chi connectivity index (χ0n) is 15.6. The van der Waals surface area contributed by atoms with Crippen molar-refractivity contribution in [1.29, 1.82) is 0 Å². The first-order valence-electron chi connectivity index (χ1n) is 8.30. The summed E-state index contributed by atoms with van der Waals surface area (Å²) in [5, 5.41) is 7.81. The van der Waals surface area contributed by atoms with Crippen molar-refractivity contribution in [3.8, 4) is 17.2 Å². The van der Waals surface area contributed by atoms with Crippen LogP contribution in [0.2, 0.25) is 0 Å². The Morgan fingerprint density at radius 3 is 2.52 bits per heavy atom. The second-order valence-corrected chi connectivity index (χ2v) is 5.78. The Morgan fingerprint density at radius 2 is 1.81 bits per heavy atom. The number of rotatable bonds is 6. The fraction of sp³-hybridized carbons (Fsp3) is 0.200. The van der Waals surface area contributed by atoms with Crippen LogP contribution in [0.15, 0.2) is 48.5 Å². The minimum absolute atomic E-state index is 0.363. The molecule has 0 fully saturated rings. The van der Waals surface area contributed by atoms with Gasteiger partial charge in [-0.2, -0.15) is 5.10 Å². The summed E-state index contributed by atoms with van der Waals surface area (Å²) in [6.07, 6.45) is 0. The fourth-order valence-electron chi connectivity index (χ4n) is 2.75. The molecule has 1 N–H and O–H groups in total. The van der Waals surface area contributed by atoms with Crippen LogP contribution in [-0.2, 0) is 4.74 Å². The van der Waals surface area contributed by atoms with Crippen LogP contribution >= 0.6 is 0 Å². The van der Waals surface area contributed by atoms with Gasteiger partial charge in [0, 0.05) is 6.07 Å². The lowest BCUT2D eigenvalue weighted by Gasteiger charge is -2.15. The van der Waals surface area contributed by atoms with Crippen molar-refractivity contribution >= 4 is 17.5 Å². The predicted molar refractivity (Wildman–Crippen MR) is 102 cm³/mol. The molecule has 7 nitrogen and oxygen atoms in total. The van der Waals surface area contributed by atoms with Crippen molar-refractivity contribution in [3.05, 3.63) is 59.8 Å². The van der Waals surface area contributed by atoms with Gasteiger partial charge >= 0.3 is 5.97 Å². The molecule has 1 heterocycles. The summed E-state index contributed by atoms with van der Waals surface area (Å²) in [5.74, 6) is 1.48. The largest absolute Gasteiger partial charge is 0.497 e. The number of hydrogen-bond donors (Lipinski definition) is 1. The van der Waals surface area contributed by atoms with E-state index in [-0.39, 0.29) is 0 Å². The van der Waals surface area contributed by atoms with E-state index in [0.717, 1.165) is 11.4 Å². The zero-order valence-corrected chi connectivity index (χ0v) is 15.6. The number of anilines is 2. The lowest BCUT2D eigenvalue weighted by Crippen LogP contribution is -2.09. The Labute approximate surface area is 157 Å². The molecule has 0 amide bonds. The number of benzene rings is 2. The SMILES string of the molecule is COC(=O)c1cc(OC)ccc1Nc1cc(C)nn1-c1ccccc1OC. The lowest BCUT2D eigenvalue weighted by molar-refractivity contribution is 0.0601. The zero-order chi connectivity index (χ0) is 19.4. The van der Waals surface area contributed by atoms with Crippen LogP contribution in [0.1, 0.15) is 16.1 Å². The molecule has 140 valence electrons. The van der Waals surface area contributed by atoms with Crippen LogP contribution in [0.5, 0.6) is 11.5 Å². The van der Waals surface area contributed by atoms with E-state index in [2.05, 4.69) is 10.4 Å². The Bertz CT molecular complexity index is 966. The van der Waals surface area contributed by atoms with Crippen molar-refractivity contribution in [2.45, 2.75) is 6.92 Å². The van der Waals surface area contributed by atoms with Gasteiger partial charge in [-0.1, -0.05) is 12.1 Å². The smallest absolute Gasteiger partial charge is 0.340 e. The molecule has 2 aromatic carbocycles. The van der Waals surface area contributed by atoms with Gasteiger partial charge in [0.2, 0.25) is 0 Å². The van der Waals surface area contributed by atoms with Gasteiger partial charge in [-0.3, -0.25) is 0 Å². The molecular formula is C20H21N3O4.